The minimum atomic E-state index is -1.43. The van der Waals surface area contributed by atoms with Gasteiger partial charge in [-0.3, -0.25) is 9.69 Å². The van der Waals surface area contributed by atoms with E-state index in [1.54, 1.807) is 6.92 Å². The number of amides is 1. The molecule has 0 aromatic heterocycles. The molecule has 1 amide bonds. The molecule has 0 spiro atoms. The molecule has 0 aromatic rings. The van der Waals surface area contributed by atoms with E-state index in [-0.39, 0.29) is 31.1 Å². The van der Waals surface area contributed by atoms with Crippen molar-refractivity contribution in [1.29, 1.82) is 0 Å². The molecule has 16 heavy (non-hydrogen) atoms. The summed E-state index contributed by atoms with van der Waals surface area (Å²) >= 11 is 0. The molecule has 2 atom stereocenters. The van der Waals surface area contributed by atoms with Gasteiger partial charge in [0, 0.05) is 0 Å². The van der Waals surface area contributed by atoms with Crippen molar-refractivity contribution in [2.24, 2.45) is 0 Å². The van der Waals surface area contributed by atoms with Crippen LogP contribution in [0.3, 0.4) is 0 Å². The maximum absolute atomic E-state index is 11.4. The van der Waals surface area contributed by atoms with Crippen LogP contribution in [0.4, 0.5) is 0 Å². The second-order valence-corrected chi connectivity index (χ2v) is 3.81. The lowest BCUT2D eigenvalue weighted by Gasteiger charge is -2.39. The maximum atomic E-state index is 11.4. The van der Waals surface area contributed by atoms with E-state index in [9.17, 15) is 14.7 Å². The largest absolute Gasteiger partial charge is 0.479 e. The van der Waals surface area contributed by atoms with E-state index in [4.69, 9.17) is 9.84 Å². The highest BCUT2D eigenvalue weighted by molar-refractivity contribution is 5.94. The van der Waals surface area contributed by atoms with Crippen molar-refractivity contribution in [1.82, 2.24) is 4.90 Å². The van der Waals surface area contributed by atoms with E-state index >= 15 is 0 Å². The Kier molecular flexibility index (Phi) is 2.38. The lowest BCUT2D eigenvalue weighted by Crippen LogP contribution is -2.62. The molecule has 2 N–H and O–H groups in total. The average Bonchev–Trinajstić information content (AvgIpc) is 2.48. The number of aliphatic hydroxyl groups is 1. The topological polar surface area (TPSA) is 87.1 Å². The molecule has 6 nitrogen and oxygen atoms in total. The highest BCUT2D eigenvalue weighted by Gasteiger charge is 2.63. The van der Waals surface area contributed by atoms with Gasteiger partial charge in [-0.15, -0.1) is 0 Å². The minimum Gasteiger partial charge on any atom is -0.479 e. The number of fused-ring (bicyclic) bond motifs is 1. The molecule has 0 radical (unpaired) electrons. The van der Waals surface area contributed by atoms with Gasteiger partial charge in [0.2, 0.25) is 11.4 Å². The van der Waals surface area contributed by atoms with Gasteiger partial charge in [0.25, 0.3) is 0 Å². The lowest BCUT2D eigenvalue weighted by atomic mass is 9.89. The smallest absolute Gasteiger partial charge is 0.337 e. The minimum absolute atomic E-state index is 0.167. The van der Waals surface area contributed by atoms with Gasteiger partial charge in [0.05, 0.1) is 13.0 Å². The molecule has 6 heteroatoms. The lowest BCUT2D eigenvalue weighted by molar-refractivity contribution is -0.170. The van der Waals surface area contributed by atoms with Gasteiger partial charge in [0.15, 0.2) is 6.23 Å². The highest BCUT2D eigenvalue weighted by Crippen LogP contribution is 2.45. The normalized spacial score (nSPS) is 34.6. The predicted octanol–water partition coefficient (Wildman–Crippen LogP) is -0.315. The number of ether oxygens (including phenoxy) is 1. The third-order valence-electron chi connectivity index (χ3n) is 3.13. The zero-order chi connectivity index (χ0) is 11.9. The number of β-lactam (4-membered cyclic amide) rings is 1. The molecular weight excluding hydrogens is 214 g/mol. The quantitative estimate of drug-likeness (QED) is 0.645. The van der Waals surface area contributed by atoms with Crippen LogP contribution in [-0.4, -0.2) is 45.4 Å². The molecule has 2 fully saturated rings. The molecule has 0 aliphatic carbocycles. The van der Waals surface area contributed by atoms with Crippen molar-refractivity contribution in [3.8, 4) is 0 Å². The van der Waals surface area contributed by atoms with Gasteiger partial charge in [0.1, 0.15) is 5.76 Å². The summed E-state index contributed by atoms with van der Waals surface area (Å²) in [5, 5.41) is 18.1. The Morgan fingerprint density at radius 2 is 2.44 bits per heavy atom. The number of hydrogen-bond donors (Lipinski definition) is 2. The molecule has 0 aromatic carbocycles. The average molecular weight is 227 g/mol. The molecule has 2 rings (SSSR count). The number of aliphatic hydroxyl groups excluding tert-OH is 1. The SMILES string of the molecule is CC[C@]1(C(=O)O)/C(=C/CO)O[C@@H]2CC(=O)N21. The summed E-state index contributed by atoms with van der Waals surface area (Å²) in [7, 11) is 0. The first-order valence-corrected chi connectivity index (χ1v) is 5.11. The first kappa shape index (κ1) is 10.9. The van der Waals surface area contributed by atoms with Crippen molar-refractivity contribution in [2.45, 2.75) is 31.5 Å². The van der Waals surface area contributed by atoms with Crippen LogP contribution in [0.5, 0.6) is 0 Å². The Labute approximate surface area is 92.1 Å². The van der Waals surface area contributed by atoms with Crippen LogP contribution in [0, 0.1) is 0 Å². The van der Waals surface area contributed by atoms with E-state index in [1.165, 1.54) is 11.0 Å². The van der Waals surface area contributed by atoms with E-state index < -0.39 is 17.7 Å². The van der Waals surface area contributed by atoms with Crippen LogP contribution < -0.4 is 0 Å². The number of carbonyl (C=O) groups is 2. The van der Waals surface area contributed by atoms with E-state index in [0.717, 1.165) is 0 Å². The second-order valence-electron chi connectivity index (χ2n) is 3.81. The number of hydrogen-bond acceptors (Lipinski definition) is 4. The predicted molar refractivity (Wildman–Crippen MR) is 52.2 cm³/mol. The molecule has 0 bridgehead atoms. The highest BCUT2D eigenvalue weighted by atomic mass is 16.5. The first-order chi connectivity index (χ1) is 7.57. The summed E-state index contributed by atoms with van der Waals surface area (Å²) in [6.07, 6.45) is 1.25. The van der Waals surface area contributed by atoms with Crippen molar-refractivity contribution in [2.75, 3.05) is 6.61 Å². The summed E-state index contributed by atoms with van der Waals surface area (Å²) in [5.41, 5.74) is -1.43. The van der Waals surface area contributed by atoms with Gasteiger partial charge in [-0.05, 0) is 12.5 Å². The summed E-state index contributed by atoms with van der Waals surface area (Å²) in [5.74, 6) is -1.18. The summed E-state index contributed by atoms with van der Waals surface area (Å²) < 4.78 is 5.36. The molecule has 2 heterocycles. The Morgan fingerprint density at radius 3 is 2.88 bits per heavy atom. The van der Waals surface area contributed by atoms with E-state index in [0.29, 0.717) is 0 Å². The van der Waals surface area contributed by atoms with Crippen LogP contribution in [0.15, 0.2) is 11.8 Å². The number of carboxylic acids is 1. The van der Waals surface area contributed by atoms with Crippen molar-refractivity contribution in [3.05, 3.63) is 11.8 Å². The van der Waals surface area contributed by atoms with Gasteiger partial charge in [-0.2, -0.15) is 0 Å². The molecule has 2 aliphatic rings. The van der Waals surface area contributed by atoms with Gasteiger partial charge in [-0.1, -0.05) is 6.92 Å². The molecule has 88 valence electrons. The molecule has 0 unspecified atom stereocenters. The van der Waals surface area contributed by atoms with Gasteiger partial charge < -0.3 is 14.9 Å². The Morgan fingerprint density at radius 1 is 1.75 bits per heavy atom. The molecule has 2 aliphatic heterocycles. The molecular formula is C10H13NO5. The van der Waals surface area contributed by atoms with E-state index in [2.05, 4.69) is 0 Å². The Bertz CT molecular complexity index is 377. The zero-order valence-corrected chi connectivity index (χ0v) is 8.84. The van der Waals surface area contributed by atoms with Crippen molar-refractivity contribution in [3.63, 3.8) is 0 Å². The van der Waals surface area contributed by atoms with Gasteiger partial charge >= 0.3 is 5.97 Å². The number of carbonyl (C=O) groups excluding carboxylic acids is 1. The fraction of sp³-hybridized carbons (Fsp3) is 0.600. The number of rotatable bonds is 3. The maximum Gasteiger partial charge on any atom is 0.337 e. The fourth-order valence-corrected chi connectivity index (χ4v) is 2.31. The van der Waals surface area contributed by atoms with Crippen LogP contribution >= 0.6 is 0 Å². The van der Waals surface area contributed by atoms with E-state index in [1.807, 2.05) is 0 Å². The van der Waals surface area contributed by atoms with Gasteiger partial charge in [-0.25, -0.2) is 4.79 Å². The Balaban J connectivity index is 2.46. The van der Waals surface area contributed by atoms with Crippen LogP contribution in [-0.2, 0) is 14.3 Å². The molecule has 0 saturated carbocycles. The zero-order valence-electron chi connectivity index (χ0n) is 8.84. The fourth-order valence-electron chi connectivity index (χ4n) is 2.31. The second kappa shape index (κ2) is 3.48. The monoisotopic (exact) mass is 227 g/mol. The van der Waals surface area contributed by atoms with Crippen LogP contribution in [0.1, 0.15) is 19.8 Å². The third kappa shape index (κ3) is 1.10. The first-order valence-electron chi connectivity index (χ1n) is 5.11. The van der Waals surface area contributed by atoms with Crippen molar-refractivity contribution < 1.29 is 24.5 Å². The summed E-state index contributed by atoms with van der Waals surface area (Å²) in [6.45, 7) is 1.37. The number of aliphatic carboxylic acids is 1. The number of carboxylic acid groups (broad SMARTS) is 1. The summed E-state index contributed by atoms with van der Waals surface area (Å²) in [4.78, 5) is 24.1. The Hall–Kier alpha value is -1.56. The standard InChI is InChI=1S/C10H13NO5/c1-2-10(9(14)15)6(3-4-12)16-8-5-7(13)11(8)10/h3,8,12H,2,4-5H2,1H3,(H,14,15)/b6-3-/t8-,10-/m1/s1. The third-order valence-corrected chi connectivity index (χ3v) is 3.13. The summed E-state index contributed by atoms with van der Waals surface area (Å²) in [6, 6.07) is 0. The van der Waals surface area contributed by atoms with Crippen molar-refractivity contribution >= 4 is 11.9 Å². The van der Waals surface area contributed by atoms with Crippen LogP contribution in [0.25, 0.3) is 0 Å². The van der Waals surface area contributed by atoms with Crippen LogP contribution in [0.2, 0.25) is 0 Å². The number of nitrogens with zero attached hydrogens (tertiary/aromatic N) is 1. The molecule has 2 saturated heterocycles.